The number of nitrogens with zero attached hydrogens (tertiary/aromatic N) is 2. The van der Waals surface area contributed by atoms with Gasteiger partial charge in [-0.1, -0.05) is 12.1 Å². The molecule has 9 heteroatoms. The number of carbonyl (C=O) groups excluding carboxylic acids is 1. The molecule has 0 aliphatic rings. The molecule has 178 valence electrons. The second kappa shape index (κ2) is 10.6. The maximum Gasteiger partial charge on any atom is 0.222 e. The van der Waals surface area contributed by atoms with Crippen molar-refractivity contribution >= 4 is 29.1 Å². The molecule has 0 aliphatic heterocycles. The molecule has 2 aromatic carbocycles. The zero-order valence-corrected chi connectivity index (χ0v) is 20.3. The van der Waals surface area contributed by atoms with Gasteiger partial charge in [-0.25, -0.2) is 0 Å². The lowest BCUT2D eigenvalue weighted by molar-refractivity contribution is -0.122. The molecule has 2 N–H and O–H groups in total. The van der Waals surface area contributed by atoms with Gasteiger partial charge in [-0.2, -0.15) is 5.10 Å². The summed E-state index contributed by atoms with van der Waals surface area (Å²) in [5.41, 5.74) is 1.57. The van der Waals surface area contributed by atoms with Crippen LogP contribution in [0.25, 0.3) is 22.4 Å². The van der Waals surface area contributed by atoms with Gasteiger partial charge < -0.3 is 19.2 Å². The fourth-order valence-electron chi connectivity index (χ4n) is 3.75. The van der Waals surface area contributed by atoms with Gasteiger partial charge in [0.15, 0.2) is 21.9 Å². The van der Waals surface area contributed by atoms with Gasteiger partial charge in [-0.3, -0.25) is 14.5 Å². The van der Waals surface area contributed by atoms with Crippen molar-refractivity contribution in [2.24, 2.45) is 0 Å². The van der Waals surface area contributed by atoms with Crippen LogP contribution in [-0.2, 0) is 11.3 Å². The van der Waals surface area contributed by atoms with Crippen LogP contribution in [0, 0.1) is 4.77 Å². The number of carbonyl (C=O) groups is 1. The van der Waals surface area contributed by atoms with Crippen molar-refractivity contribution in [3.8, 4) is 22.9 Å². The Bertz CT molecular complexity index is 1320. The molecule has 34 heavy (non-hydrogen) atoms. The Kier molecular flexibility index (Phi) is 7.32. The predicted octanol–water partition coefficient (Wildman–Crippen LogP) is 5.42. The van der Waals surface area contributed by atoms with Gasteiger partial charge in [0.05, 0.1) is 19.3 Å². The van der Waals surface area contributed by atoms with E-state index < -0.39 is 0 Å². The van der Waals surface area contributed by atoms with E-state index in [-0.39, 0.29) is 18.4 Å². The summed E-state index contributed by atoms with van der Waals surface area (Å²) >= 11 is 5.39. The van der Waals surface area contributed by atoms with Crippen molar-refractivity contribution in [1.29, 1.82) is 0 Å². The van der Waals surface area contributed by atoms with E-state index in [0.29, 0.717) is 47.4 Å². The molecule has 2 aromatic heterocycles. The molecule has 1 amide bonds. The van der Waals surface area contributed by atoms with Crippen LogP contribution in [-0.4, -0.2) is 33.9 Å². The molecule has 4 aromatic rings. The number of benzene rings is 2. The van der Waals surface area contributed by atoms with Gasteiger partial charge in [0, 0.05) is 23.9 Å². The normalized spacial score (nSPS) is 12.0. The Balaban J connectivity index is 1.42. The number of furan rings is 1. The summed E-state index contributed by atoms with van der Waals surface area (Å²) in [5.74, 6) is 2.72. The van der Waals surface area contributed by atoms with E-state index in [1.807, 2.05) is 73.9 Å². The number of hydrogen-bond donors (Lipinski definition) is 2. The molecular weight excluding hydrogens is 452 g/mol. The smallest absolute Gasteiger partial charge is 0.222 e. The molecule has 1 atom stereocenters. The van der Waals surface area contributed by atoms with E-state index in [9.17, 15) is 4.79 Å². The molecule has 0 aliphatic carbocycles. The number of amides is 1. The number of rotatable bonds is 10. The topological polar surface area (TPSA) is 94.3 Å². The minimum absolute atomic E-state index is 0.112. The zero-order valence-electron chi connectivity index (χ0n) is 19.5. The first-order valence-corrected chi connectivity index (χ1v) is 11.7. The van der Waals surface area contributed by atoms with Gasteiger partial charge in [-0.05, 0) is 69.4 Å². The molecule has 0 saturated heterocycles. The quantitative estimate of drug-likeness (QED) is 0.294. The highest BCUT2D eigenvalue weighted by Gasteiger charge is 2.17. The van der Waals surface area contributed by atoms with Crippen LogP contribution in [0.1, 0.15) is 39.0 Å². The number of aromatic amines is 1. The molecule has 8 nitrogen and oxygen atoms in total. The average molecular weight is 481 g/mol. The summed E-state index contributed by atoms with van der Waals surface area (Å²) in [5, 5.41) is 11.1. The summed E-state index contributed by atoms with van der Waals surface area (Å²) < 4.78 is 19.4. The molecule has 4 rings (SSSR count). The van der Waals surface area contributed by atoms with Gasteiger partial charge in [0.25, 0.3) is 0 Å². The minimum atomic E-state index is -0.294. The van der Waals surface area contributed by atoms with Crippen molar-refractivity contribution < 1.29 is 18.7 Å². The second-order valence-electron chi connectivity index (χ2n) is 7.76. The SMILES string of the molecule is CCOc1ccc(-c2n[nH]c(=S)n2CCC(=O)NC(C)c2cc3cccc(OCC)c3o2)cc1. The summed E-state index contributed by atoms with van der Waals surface area (Å²) in [6.07, 6.45) is 0.243. The van der Waals surface area contributed by atoms with Gasteiger partial charge in [0.2, 0.25) is 5.91 Å². The lowest BCUT2D eigenvalue weighted by Crippen LogP contribution is -2.27. The van der Waals surface area contributed by atoms with E-state index in [1.165, 1.54) is 0 Å². The van der Waals surface area contributed by atoms with Gasteiger partial charge >= 0.3 is 0 Å². The maximum absolute atomic E-state index is 12.7. The predicted molar refractivity (Wildman–Crippen MR) is 133 cm³/mol. The number of nitrogens with one attached hydrogen (secondary N) is 2. The Hall–Kier alpha value is -3.59. The summed E-state index contributed by atoms with van der Waals surface area (Å²) in [4.78, 5) is 12.7. The number of aromatic nitrogens is 3. The van der Waals surface area contributed by atoms with Crippen LogP contribution < -0.4 is 14.8 Å². The Morgan fingerprint density at radius 2 is 1.94 bits per heavy atom. The van der Waals surface area contributed by atoms with Crippen LogP contribution in [0.2, 0.25) is 0 Å². The summed E-state index contributed by atoms with van der Waals surface area (Å²) in [6.45, 7) is 7.32. The molecule has 0 saturated carbocycles. The first-order chi connectivity index (χ1) is 16.5. The molecule has 0 radical (unpaired) electrons. The van der Waals surface area contributed by atoms with E-state index in [0.717, 1.165) is 16.7 Å². The Morgan fingerprint density at radius 3 is 2.68 bits per heavy atom. The fourth-order valence-corrected chi connectivity index (χ4v) is 3.97. The summed E-state index contributed by atoms with van der Waals surface area (Å²) in [6, 6.07) is 15.0. The monoisotopic (exact) mass is 480 g/mol. The number of H-pyrrole nitrogens is 1. The van der Waals surface area contributed by atoms with Crippen LogP contribution in [0.5, 0.6) is 11.5 Å². The first kappa shape index (κ1) is 23.6. The molecular formula is C25H28N4O4S. The standard InChI is InChI=1S/C25H28N4O4S/c1-4-31-19-11-9-17(10-12-19)24-27-28-25(34)29(24)14-13-22(30)26-16(3)21-15-18-7-6-8-20(32-5-2)23(18)33-21/h6-12,15-16H,4-5,13-14H2,1-3H3,(H,26,30)(H,28,34). The molecule has 2 heterocycles. The average Bonchev–Trinajstić information content (AvgIpc) is 3.43. The highest BCUT2D eigenvalue weighted by Crippen LogP contribution is 2.31. The molecule has 0 spiro atoms. The molecule has 0 fully saturated rings. The third-order valence-corrected chi connectivity index (χ3v) is 5.69. The van der Waals surface area contributed by atoms with Gasteiger partial charge in [-0.15, -0.1) is 0 Å². The third-order valence-electron chi connectivity index (χ3n) is 5.38. The van der Waals surface area contributed by atoms with E-state index in [1.54, 1.807) is 0 Å². The number of para-hydroxylation sites is 1. The van der Waals surface area contributed by atoms with Crippen molar-refractivity contribution in [3.05, 3.63) is 59.1 Å². The Morgan fingerprint density at radius 1 is 1.18 bits per heavy atom. The maximum atomic E-state index is 12.7. The largest absolute Gasteiger partial charge is 0.494 e. The van der Waals surface area contributed by atoms with Crippen molar-refractivity contribution in [3.63, 3.8) is 0 Å². The lowest BCUT2D eigenvalue weighted by Gasteiger charge is -2.12. The number of ether oxygens (including phenoxy) is 2. The van der Waals surface area contributed by atoms with Crippen LogP contribution in [0.15, 0.2) is 52.9 Å². The third kappa shape index (κ3) is 5.14. The zero-order chi connectivity index (χ0) is 24.1. The number of hydrogen-bond acceptors (Lipinski definition) is 6. The van der Waals surface area contributed by atoms with Crippen LogP contribution >= 0.6 is 12.2 Å². The van der Waals surface area contributed by atoms with E-state index in [2.05, 4.69) is 15.5 Å². The highest BCUT2D eigenvalue weighted by atomic mass is 32.1. The second-order valence-corrected chi connectivity index (χ2v) is 8.14. The van der Waals surface area contributed by atoms with E-state index in [4.69, 9.17) is 26.1 Å². The minimum Gasteiger partial charge on any atom is -0.494 e. The number of fused-ring (bicyclic) bond motifs is 1. The fraction of sp³-hybridized carbons (Fsp3) is 0.320. The van der Waals surface area contributed by atoms with Crippen LogP contribution in [0.3, 0.4) is 0 Å². The van der Waals surface area contributed by atoms with Crippen molar-refractivity contribution in [1.82, 2.24) is 20.1 Å². The highest BCUT2D eigenvalue weighted by molar-refractivity contribution is 7.71. The van der Waals surface area contributed by atoms with E-state index >= 15 is 0 Å². The Labute approximate surface area is 202 Å². The van der Waals surface area contributed by atoms with Gasteiger partial charge in [0.1, 0.15) is 11.5 Å². The van der Waals surface area contributed by atoms with Crippen LogP contribution in [0.4, 0.5) is 0 Å². The van der Waals surface area contributed by atoms with Crippen molar-refractivity contribution in [2.45, 2.75) is 39.8 Å². The lowest BCUT2D eigenvalue weighted by atomic mass is 10.2. The molecule has 1 unspecified atom stereocenters. The van der Waals surface area contributed by atoms with Crippen molar-refractivity contribution in [2.75, 3.05) is 13.2 Å². The molecule has 0 bridgehead atoms. The summed E-state index contributed by atoms with van der Waals surface area (Å²) in [7, 11) is 0. The first-order valence-electron chi connectivity index (χ1n) is 11.3.